The van der Waals surface area contributed by atoms with E-state index in [9.17, 15) is 0 Å². The Balaban J connectivity index is 2.21. The SMILES string of the molecule is CCNCc1cc(Cl)ccc1N1CC(C)C(C)C1. The maximum atomic E-state index is 6.11. The first kappa shape index (κ1) is 13.7. The highest BCUT2D eigenvalue weighted by Gasteiger charge is 2.27. The van der Waals surface area contributed by atoms with E-state index < -0.39 is 0 Å². The number of benzene rings is 1. The van der Waals surface area contributed by atoms with Crippen LogP contribution in [0.5, 0.6) is 0 Å². The quantitative estimate of drug-likeness (QED) is 0.897. The smallest absolute Gasteiger partial charge is 0.0413 e. The summed E-state index contributed by atoms with van der Waals surface area (Å²) in [5.41, 5.74) is 2.65. The number of nitrogens with one attached hydrogen (secondary N) is 1. The molecule has 0 radical (unpaired) electrons. The molecule has 0 bridgehead atoms. The Hall–Kier alpha value is -0.730. The minimum Gasteiger partial charge on any atom is -0.371 e. The predicted octanol–water partition coefficient (Wildman–Crippen LogP) is 3.54. The minimum absolute atomic E-state index is 0.771. The third-order valence-electron chi connectivity index (χ3n) is 3.94. The van der Waals surface area contributed by atoms with Crippen molar-refractivity contribution in [2.75, 3.05) is 24.5 Å². The van der Waals surface area contributed by atoms with Crippen molar-refractivity contribution in [3.63, 3.8) is 0 Å². The first-order valence-electron chi connectivity index (χ1n) is 6.86. The van der Waals surface area contributed by atoms with Gasteiger partial charge in [0, 0.05) is 30.3 Å². The highest BCUT2D eigenvalue weighted by atomic mass is 35.5. The number of nitrogens with zero attached hydrogens (tertiary/aromatic N) is 1. The Kier molecular flexibility index (Phi) is 4.52. The summed E-state index contributed by atoms with van der Waals surface area (Å²) in [6.07, 6.45) is 0. The van der Waals surface area contributed by atoms with Crippen molar-refractivity contribution in [2.45, 2.75) is 27.3 Å². The number of rotatable bonds is 4. The lowest BCUT2D eigenvalue weighted by Gasteiger charge is -2.22. The van der Waals surface area contributed by atoms with Crippen LogP contribution in [0.2, 0.25) is 5.02 Å². The van der Waals surface area contributed by atoms with Gasteiger partial charge >= 0.3 is 0 Å². The molecule has 18 heavy (non-hydrogen) atoms. The minimum atomic E-state index is 0.771. The third-order valence-corrected chi connectivity index (χ3v) is 4.17. The van der Waals surface area contributed by atoms with Crippen LogP contribution in [0.15, 0.2) is 18.2 Å². The molecule has 0 aliphatic carbocycles. The molecule has 1 aliphatic rings. The molecule has 0 spiro atoms. The molecule has 1 aliphatic heterocycles. The van der Waals surface area contributed by atoms with Gasteiger partial charge in [0.05, 0.1) is 0 Å². The fourth-order valence-electron chi connectivity index (χ4n) is 2.59. The van der Waals surface area contributed by atoms with E-state index in [1.807, 2.05) is 6.07 Å². The fraction of sp³-hybridized carbons (Fsp3) is 0.600. The monoisotopic (exact) mass is 266 g/mol. The highest BCUT2D eigenvalue weighted by molar-refractivity contribution is 6.30. The molecule has 3 heteroatoms. The Morgan fingerprint density at radius 1 is 1.28 bits per heavy atom. The molecule has 2 unspecified atom stereocenters. The largest absolute Gasteiger partial charge is 0.371 e. The van der Waals surface area contributed by atoms with Crippen molar-refractivity contribution in [2.24, 2.45) is 11.8 Å². The van der Waals surface area contributed by atoms with Gasteiger partial charge in [0.25, 0.3) is 0 Å². The topological polar surface area (TPSA) is 15.3 Å². The molecular formula is C15H23ClN2. The lowest BCUT2D eigenvalue weighted by molar-refractivity contribution is 0.494. The van der Waals surface area contributed by atoms with Crippen LogP contribution in [0.3, 0.4) is 0 Å². The van der Waals surface area contributed by atoms with E-state index in [-0.39, 0.29) is 0 Å². The van der Waals surface area contributed by atoms with E-state index >= 15 is 0 Å². The molecule has 1 aromatic carbocycles. The highest BCUT2D eigenvalue weighted by Crippen LogP contribution is 2.31. The van der Waals surface area contributed by atoms with Gasteiger partial charge in [-0.3, -0.25) is 0 Å². The first-order valence-corrected chi connectivity index (χ1v) is 7.23. The molecule has 100 valence electrons. The van der Waals surface area contributed by atoms with Gasteiger partial charge in [0.15, 0.2) is 0 Å². The summed E-state index contributed by atoms with van der Waals surface area (Å²) >= 11 is 6.11. The van der Waals surface area contributed by atoms with E-state index in [1.54, 1.807) is 0 Å². The van der Waals surface area contributed by atoms with Gasteiger partial charge in [0.1, 0.15) is 0 Å². The molecule has 0 saturated carbocycles. The van der Waals surface area contributed by atoms with Gasteiger partial charge in [-0.15, -0.1) is 0 Å². The van der Waals surface area contributed by atoms with Gasteiger partial charge in [-0.05, 0) is 42.1 Å². The second-order valence-corrected chi connectivity index (χ2v) is 5.85. The van der Waals surface area contributed by atoms with Crippen molar-refractivity contribution in [1.82, 2.24) is 5.32 Å². The van der Waals surface area contributed by atoms with Crippen LogP contribution in [0.25, 0.3) is 0 Å². The summed E-state index contributed by atoms with van der Waals surface area (Å²) in [4.78, 5) is 2.50. The molecule has 1 heterocycles. The summed E-state index contributed by atoms with van der Waals surface area (Å²) in [7, 11) is 0. The number of halogens is 1. The Bertz CT molecular complexity index is 395. The van der Waals surface area contributed by atoms with E-state index in [0.29, 0.717) is 0 Å². The second-order valence-electron chi connectivity index (χ2n) is 5.41. The average Bonchev–Trinajstić information content (AvgIpc) is 2.67. The zero-order valence-electron chi connectivity index (χ0n) is 11.5. The van der Waals surface area contributed by atoms with Crippen molar-refractivity contribution in [1.29, 1.82) is 0 Å². The molecule has 2 rings (SSSR count). The normalized spacial score (nSPS) is 23.7. The van der Waals surface area contributed by atoms with E-state index in [4.69, 9.17) is 11.6 Å². The maximum Gasteiger partial charge on any atom is 0.0413 e. The van der Waals surface area contributed by atoms with Crippen molar-refractivity contribution >= 4 is 17.3 Å². The Labute approximate surface area is 115 Å². The van der Waals surface area contributed by atoms with E-state index in [2.05, 4.69) is 43.1 Å². The molecule has 2 nitrogen and oxygen atoms in total. The molecule has 1 aromatic rings. The number of anilines is 1. The number of hydrogen-bond acceptors (Lipinski definition) is 2. The maximum absolute atomic E-state index is 6.11. The van der Waals surface area contributed by atoms with Crippen LogP contribution in [0, 0.1) is 11.8 Å². The molecular weight excluding hydrogens is 244 g/mol. The molecule has 0 aromatic heterocycles. The second kappa shape index (κ2) is 5.94. The van der Waals surface area contributed by atoms with Gasteiger partial charge in [-0.25, -0.2) is 0 Å². The van der Waals surface area contributed by atoms with Gasteiger partial charge in [0.2, 0.25) is 0 Å². The zero-order valence-corrected chi connectivity index (χ0v) is 12.3. The Morgan fingerprint density at radius 2 is 1.94 bits per heavy atom. The van der Waals surface area contributed by atoms with Crippen molar-refractivity contribution in [3.8, 4) is 0 Å². The fourth-order valence-corrected chi connectivity index (χ4v) is 2.78. The lowest BCUT2D eigenvalue weighted by atomic mass is 10.0. The van der Waals surface area contributed by atoms with Crippen molar-refractivity contribution in [3.05, 3.63) is 28.8 Å². The lowest BCUT2D eigenvalue weighted by Crippen LogP contribution is -2.23. The van der Waals surface area contributed by atoms with Crippen LogP contribution >= 0.6 is 11.6 Å². The van der Waals surface area contributed by atoms with Gasteiger partial charge in [-0.1, -0.05) is 32.4 Å². The molecule has 2 atom stereocenters. The number of hydrogen-bond donors (Lipinski definition) is 1. The van der Waals surface area contributed by atoms with Crippen LogP contribution < -0.4 is 10.2 Å². The van der Waals surface area contributed by atoms with Crippen molar-refractivity contribution < 1.29 is 0 Å². The summed E-state index contributed by atoms with van der Waals surface area (Å²) in [6, 6.07) is 6.26. The summed E-state index contributed by atoms with van der Waals surface area (Å²) in [5.74, 6) is 1.54. The molecule has 1 fully saturated rings. The van der Waals surface area contributed by atoms with E-state index in [1.165, 1.54) is 11.3 Å². The van der Waals surface area contributed by atoms with E-state index in [0.717, 1.165) is 43.0 Å². The Morgan fingerprint density at radius 3 is 2.56 bits per heavy atom. The van der Waals surface area contributed by atoms with Crippen LogP contribution in [-0.4, -0.2) is 19.6 Å². The standard InChI is InChI=1S/C15H23ClN2/c1-4-17-8-13-7-14(16)5-6-15(13)18-9-11(2)12(3)10-18/h5-7,11-12,17H,4,8-10H2,1-3H3. The van der Waals surface area contributed by atoms with Crippen LogP contribution in [0.4, 0.5) is 5.69 Å². The van der Waals surface area contributed by atoms with Gasteiger partial charge in [-0.2, -0.15) is 0 Å². The third kappa shape index (κ3) is 2.99. The summed E-state index contributed by atoms with van der Waals surface area (Å²) in [5, 5.41) is 4.22. The molecule has 1 N–H and O–H groups in total. The first-order chi connectivity index (χ1) is 8.61. The predicted molar refractivity (Wildman–Crippen MR) is 79.4 cm³/mol. The zero-order chi connectivity index (χ0) is 13.1. The summed E-state index contributed by atoms with van der Waals surface area (Å²) in [6.45, 7) is 11.0. The van der Waals surface area contributed by atoms with Crippen LogP contribution in [0.1, 0.15) is 26.3 Å². The molecule has 0 amide bonds. The van der Waals surface area contributed by atoms with Gasteiger partial charge < -0.3 is 10.2 Å². The summed E-state index contributed by atoms with van der Waals surface area (Å²) < 4.78 is 0. The van der Waals surface area contributed by atoms with Crippen LogP contribution in [-0.2, 0) is 6.54 Å². The molecule has 1 saturated heterocycles. The average molecular weight is 267 g/mol.